The minimum atomic E-state index is -2.06. The first kappa shape index (κ1) is 21.5. The van der Waals surface area contributed by atoms with E-state index < -0.39 is 22.2 Å². The Morgan fingerprint density at radius 3 is 2.54 bits per heavy atom. The van der Waals surface area contributed by atoms with Gasteiger partial charge in [0.2, 0.25) is 0 Å². The largest absolute Gasteiger partial charge is 0.480 e. The highest BCUT2D eigenvalue weighted by Gasteiger charge is 2.41. The van der Waals surface area contributed by atoms with Crippen molar-refractivity contribution in [2.75, 3.05) is 6.61 Å². The second-order valence-corrected chi connectivity index (χ2v) is 7.05. The minimum Gasteiger partial charge on any atom is -0.480 e. The van der Waals surface area contributed by atoms with Gasteiger partial charge in [-0.25, -0.2) is 4.79 Å². The highest BCUT2D eigenvalue weighted by Crippen LogP contribution is 2.31. The number of nitro groups is 1. The van der Waals surface area contributed by atoms with Crippen molar-refractivity contribution in [1.29, 1.82) is 0 Å². The lowest BCUT2D eigenvalue weighted by molar-refractivity contribution is -0.387. The van der Waals surface area contributed by atoms with Crippen LogP contribution in [-0.4, -0.2) is 33.9 Å². The summed E-state index contributed by atoms with van der Waals surface area (Å²) in [6.07, 6.45) is 0.0561. The molecule has 0 spiro atoms. The molecule has 0 saturated carbocycles. The zero-order valence-corrected chi connectivity index (χ0v) is 16.0. The van der Waals surface area contributed by atoms with Crippen molar-refractivity contribution in [2.24, 2.45) is 5.73 Å². The molecule has 0 aliphatic carbocycles. The van der Waals surface area contributed by atoms with E-state index in [0.29, 0.717) is 4.90 Å². The molecule has 28 heavy (non-hydrogen) atoms. The third-order valence-electron chi connectivity index (χ3n) is 4.08. The van der Waals surface area contributed by atoms with E-state index in [9.17, 15) is 24.8 Å². The van der Waals surface area contributed by atoms with Crippen LogP contribution in [0.1, 0.15) is 28.8 Å². The van der Waals surface area contributed by atoms with Gasteiger partial charge in [-0.1, -0.05) is 36.4 Å². The molecule has 0 heterocycles. The number of hydrogen-bond donors (Lipinski definition) is 2. The zero-order valence-electron chi connectivity index (χ0n) is 15.2. The average Bonchev–Trinajstić information content (AvgIpc) is 2.67. The van der Waals surface area contributed by atoms with Crippen LogP contribution in [0.5, 0.6) is 0 Å². The second kappa shape index (κ2) is 9.45. The number of Topliss-reactive ketones (excluding diaryl/α,β-unsaturated/α-hetero) is 1. The number of hydrogen-bond acceptors (Lipinski definition) is 7. The van der Waals surface area contributed by atoms with E-state index in [4.69, 9.17) is 9.92 Å². The average molecular weight is 404 g/mol. The molecule has 0 radical (unpaired) electrons. The molecule has 3 N–H and O–H groups in total. The van der Waals surface area contributed by atoms with Gasteiger partial charge < -0.3 is 15.0 Å². The predicted octanol–water partition coefficient (Wildman–Crippen LogP) is 3.37. The van der Waals surface area contributed by atoms with Gasteiger partial charge in [-0.3, -0.25) is 14.9 Å². The lowest BCUT2D eigenvalue weighted by atomic mass is 9.86. The van der Waals surface area contributed by atoms with Crippen LogP contribution in [0.2, 0.25) is 0 Å². The molecule has 2 aromatic carbocycles. The molecule has 2 rings (SSSR count). The number of nitro benzene ring substituents is 1. The van der Waals surface area contributed by atoms with Gasteiger partial charge in [0.1, 0.15) is 4.90 Å². The molecule has 0 aromatic heterocycles. The van der Waals surface area contributed by atoms with Crippen molar-refractivity contribution in [3.8, 4) is 0 Å². The molecule has 8 nitrogen and oxygen atoms in total. The lowest BCUT2D eigenvalue weighted by Crippen LogP contribution is -2.55. The molecule has 0 saturated heterocycles. The van der Waals surface area contributed by atoms with Crippen LogP contribution < -0.4 is 5.73 Å². The number of ketones is 1. The van der Waals surface area contributed by atoms with Crippen molar-refractivity contribution in [1.82, 2.24) is 0 Å². The molecule has 0 aliphatic rings. The molecule has 0 unspecified atom stereocenters. The molecule has 1 atom stereocenters. The number of rotatable bonds is 10. The maximum atomic E-state index is 12.5. The fourth-order valence-electron chi connectivity index (χ4n) is 2.52. The third kappa shape index (κ3) is 5.16. The normalized spacial score (nSPS) is 12.9. The quantitative estimate of drug-likeness (QED) is 0.154. The summed E-state index contributed by atoms with van der Waals surface area (Å²) in [6, 6.07) is 12.7. The van der Waals surface area contributed by atoms with E-state index in [1.165, 1.54) is 18.2 Å². The molecule has 2 aromatic rings. The van der Waals surface area contributed by atoms with Gasteiger partial charge in [0, 0.05) is 23.7 Å². The van der Waals surface area contributed by atoms with Crippen LogP contribution in [0.3, 0.4) is 0 Å². The highest BCUT2D eigenvalue weighted by atomic mass is 32.2. The SMILES string of the molecule is Cc1ccc([N+](=O)[O-])c(SOCCC[C@@](N)(C(=O)O)C(=O)c2ccccc2)c1. The summed E-state index contributed by atoms with van der Waals surface area (Å²) >= 11 is 0.838. The van der Waals surface area contributed by atoms with E-state index in [1.54, 1.807) is 37.3 Å². The molecular formula is C19H20N2O6S. The first-order valence-electron chi connectivity index (χ1n) is 8.42. The number of nitrogens with zero attached hydrogens (tertiary/aromatic N) is 1. The lowest BCUT2D eigenvalue weighted by Gasteiger charge is -2.23. The monoisotopic (exact) mass is 404 g/mol. The van der Waals surface area contributed by atoms with Crippen molar-refractivity contribution in [3.05, 3.63) is 69.8 Å². The summed E-state index contributed by atoms with van der Waals surface area (Å²) in [5.41, 5.74) is 4.82. The first-order valence-corrected chi connectivity index (χ1v) is 9.16. The molecule has 9 heteroatoms. The maximum absolute atomic E-state index is 12.5. The zero-order chi connectivity index (χ0) is 20.7. The van der Waals surface area contributed by atoms with E-state index in [2.05, 4.69) is 0 Å². The van der Waals surface area contributed by atoms with Crippen molar-refractivity contribution in [3.63, 3.8) is 0 Å². The van der Waals surface area contributed by atoms with Gasteiger partial charge in [-0.15, -0.1) is 0 Å². The van der Waals surface area contributed by atoms with Crippen LogP contribution in [0.4, 0.5) is 5.69 Å². The molecular weight excluding hydrogens is 384 g/mol. The summed E-state index contributed by atoms with van der Waals surface area (Å²) in [5, 5.41) is 20.5. The summed E-state index contributed by atoms with van der Waals surface area (Å²) in [6.45, 7) is 1.88. The van der Waals surface area contributed by atoms with E-state index >= 15 is 0 Å². The Morgan fingerprint density at radius 2 is 1.93 bits per heavy atom. The Kier molecular flexibility index (Phi) is 7.27. The summed E-state index contributed by atoms with van der Waals surface area (Å²) < 4.78 is 5.38. The van der Waals surface area contributed by atoms with Crippen LogP contribution in [0, 0.1) is 17.0 Å². The molecule has 0 amide bonds. The number of carbonyl (C=O) groups excluding carboxylic acids is 1. The van der Waals surface area contributed by atoms with Gasteiger partial charge >= 0.3 is 5.97 Å². The fraction of sp³-hybridized carbons (Fsp3) is 0.263. The Bertz CT molecular complexity index is 874. The van der Waals surface area contributed by atoms with Crippen molar-refractivity contribution >= 4 is 29.5 Å². The number of carbonyl (C=O) groups is 2. The maximum Gasteiger partial charge on any atom is 0.331 e. The van der Waals surface area contributed by atoms with Crippen molar-refractivity contribution < 1.29 is 23.8 Å². The third-order valence-corrected chi connectivity index (χ3v) is 4.87. The first-order chi connectivity index (χ1) is 13.3. The fourth-order valence-corrected chi connectivity index (χ4v) is 3.31. The smallest absolute Gasteiger partial charge is 0.331 e. The Morgan fingerprint density at radius 1 is 1.25 bits per heavy atom. The van der Waals surface area contributed by atoms with Gasteiger partial charge in [0.05, 0.1) is 11.5 Å². The predicted molar refractivity (Wildman–Crippen MR) is 104 cm³/mol. The summed E-state index contributed by atoms with van der Waals surface area (Å²) in [5.74, 6) is -2.09. The number of carboxylic acids is 1. The molecule has 0 aliphatic heterocycles. The Hall–Kier alpha value is -2.75. The number of carboxylic acid groups (broad SMARTS) is 1. The Balaban J connectivity index is 1.96. The van der Waals surface area contributed by atoms with Gasteiger partial charge in [-0.2, -0.15) is 0 Å². The Labute approximate surface area is 166 Å². The number of aliphatic carboxylic acids is 1. The van der Waals surface area contributed by atoms with Gasteiger partial charge in [0.15, 0.2) is 11.3 Å². The van der Waals surface area contributed by atoms with E-state index in [0.717, 1.165) is 17.6 Å². The van der Waals surface area contributed by atoms with E-state index in [1.807, 2.05) is 0 Å². The molecule has 0 bridgehead atoms. The van der Waals surface area contributed by atoms with Crippen molar-refractivity contribution in [2.45, 2.75) is 30.2 Å². The second-order valence-electron chi connectivity index (χ2n) is 6.21. The summed E-state index contributed by atoms with van der Waals surface area (Å²) in [4.78, 5) is 35.0. The van der Waals surface area contributed by atoms with Crippen LogP contribution >= 0.6 is 12.0 Å². The standard InChI is InChI=1S/C19H20N2O6S/c1-13-8-9-15(21(25)26)16(12-13)28-27-11-5-10-19(20,18(23)24)17(22)14-6-3-2-4-7-14/h2-4,6-9,12H,5,10-11,20H2,1H3,(H,23,24)/t19-/m0/s1. The van der Waals surface area contributed by atoms with Crippen LogP contribution in [-0.2, 0) is 8.98 Å². The minimum absolute atomic E-state index is 0.0735. The number of benzene rings is 2. The van der Waals surface area contributed by atoms with Crippen LogP contribution in [0.25, 0.3) is 0 Å². The highest BCUT2D eigenvalue weighted by molar-refractivity contribution is 7.94. The van der Waals surface area contributed by atoms with Gasteiger partial charge in [0.25, 0.3) is 5.69 Å². The number of nitrogens with two attached hydrogens (primary N) is 1. The molecule has 148 valence electrons. The molecule has 0 fully saturated rings. The van der Waals surface area contributed by atoms with Crippen LogP contribution in [0.15, 0.2) is 53.4 Å². The number of aryl methyl sites for hydroxylation is 1. The summed E-state index contributed by atoms with van der Waals surface area (Å²) in [7, 11) is 0. The topological polar surface area (TPSA) is 133 Å². The van der Waals surface area contributed by atoms with E-state index in [-0.39, 0.29) is 30.7 Å². The van der Waals surface area contributed by atoms with Gasteiger partial charge in [-0.05, 0) is 31.4 Å².